The van der Waals surface area contributed by atoms with Crippen molar-refractivity contribution in [2.45, 2.75) is 337 Å². The van der Waals surface area contributed by atoms with E-state index in [-0.39, 0.29) is 0 Å². The second-order valence-corrected chi connectivity index (χ2v) is 45.2. The van der Waals surface area contributed by atoms with Gasteiger partial charge in [0.1, 0.15) is 0 Å². The zero-order valence-electron chi connectivity index (χ0n) is 46.8. The van der Waals surface area contributed by atoms with Crippen LogP contribution in [0.1, 0.15) is 327 Å². The van der Waals surface area contributed by atoms with E-state index in [2.05, 4.69) is 83.1 Å². The molecule has 2 rings (SSSR count). The van der Waals surface area contributed by atoms with E-state index in [0.29, 0.717) is 21.1 Å². The Morgan fingerprint density at radius 2 is 0.484 bits per heavy atom. The van der Waals surface area contributed by atoms with Gasteiger partial charge in [-0.1, -0.05) is 0 Å². The SMILES string of the molecule is CCCCC1(CCCC)CCCCP(Br)(CCCC)(CCCC)C1(CCCC)CCCC.CCCCC1(CCCC)CCCCP(Br)(CCCC)(CCCC)C1(CCCC)CCCC. The minimum atomic E-state index is -2.07. The molecule has 0 bridgehead atoms. The third-order valence-electron chi connectivity index (χ3n) is 19.2. The topological polar surface area (TPSA) is 0 Å². The Balaban J connectivity index is 0.000000640. The number of unbranched alkanes of at least 4 members (excludes halogenated alkanes) is 12. The molecule has 0 N–H and O–H groups in total. The molecule has 2 aliphatic rings. The monoisotopic (exact) mass is 1060 g/mol. The van der Waals surface area contributed by atoms with Gasteiger partial charge in [0.25, 0.3) is 0 Å². The summed E-state index contributed by atoms with van der Waals surface area (Å²) in [6, 6.07) is 0. The Morgan fingerprint density at radius 1 is 0.281 bits per heavy atom. The molecule has 0 atom stereocenters. The van der Waals surface area contributed by atoms with E-state index >= 15 is 0 Å². The molecular formula is C60H124Br2P2. The minimum absolute atomic E-state index is 0.579. The summed E-state index contributed by atoms with van der Waals surface area (Å²) in [5, 5.41) is -2.98. The van der Waals surface area contributed by atoms with E-state index < -0.39 is 10.6 Å². The van der Waals surface area contributed by atoms with Crippen LogP contribution in [0, 0.1) is 10.8 Å². The van der Waals surface area contributed by atoms with Gasteiger partial charge in [0.2, 0.25) is 0 Å². The van der Waals surface area contributed by atoms with Gasteiger partial charge in [0.15, 0.2) is 0 Å². The first-order chi connectivity index (χ1) is 30.8. The molecule has 0 unspecified atom stereocenters. The van der Waals surface area contributed by atoms with Crippen molar-refractivity contribution in [3.8, 4) is 0 Å². The van der Waals surface area contributed by atoms with Crippen molar-refractivity contribution in [2.24, 2.45) is 10.8 Å². The van der Waals surface area contributed by atoms with Gasteiger partial charge in [0, 0.05) is 0 Å². The van der Waals surface area contributed by atoms with Crippen LogP contribution >= 0.6 is 41.6 Å². The van der Waals surface area contributed by atoms with E-state index in [4.69, 9.17) is 31.0 Å². The van der Waals surface area contributed by atoms with Crippen molar-refractivity contribution >= 4 is 41.6 Å². The molecule has 2 heterocycles. The van der Waals surface area contributed by atoms with Crippen LogP contribution in [-0.2, 0) is 0 Å². The van der Waals surface area contributed by atoms with E-state index in [0.717, 1.165) is 0 Å². The van der Waals surface area contributed by atoms with Gasteiger partial charge < -0.3 is 0 Å². The Bertz CT molecular complexity index is 1010. The summed E-state index contributed by atoms with van der Waals surface area (Å²) in [4.78, 5) is 0. The molecule has 0 spiro atoms. The van der Waals surface area contributed by atoms with Crippen molar-refractivity contribution in [3.05, 3.63) is 0 Å². The fraction of sp³-hybridized carbons (Fsp3) is 1.00. The van der Waals surface area contributed by atoms with Gasteiger partial charge in [-0.3, -0.25) is 0 Å². The van der Waals surface area contributed by atoms with E-state index in [1.807, 2.05) is 0 Å². The van der Waals surface area contributed by atoms with E-state index in [1.165, 1.54) is 269 Å². The number of hydrogen-bond acceptors (Lipinski definition) is 0. The zero-order valence-corrected chi connectivity index (χ0v) is 51.7. The van der Waals surface area contributed by atoms with Crippen molar-refractivity contribution < 1.29 is 0 Å². The molecule has 2 fully saturated rings. The number of rotatable bonds is 36. The molecule has 2 saturated heterocycles. The van der Waals surface area contributed by atoms with E-state index in [1.54, 1.807) is 12.3 Å². The summed E-state index contributed by atoms with van der Waals surface area (Å²) in [5.74, 6) is 0. The Hall–Kier alpha value is 1.82. The van der Waals surface area contributed by atoms with Crippen LogP contribution < -0.4 is 0 Å². The van der Waals surface area contributed by atoms with Crippen LogP contribution in [0.25, 0.3) is 0 Å². The summed E-state index contributed by atoms with van der Waals surface area (Å²) in [7, 11) is 0. The van der Waals surface area contributed by atoms with Crippen LogP contribution in [0.2, 0.25) is 0 Å². The van der Waals surface area contributed by atoms with Crippen LogP contribution in [0.15, 0.2) is 0 Å². The van der Waals surface area contributed by atoms with Crippen molar-refractivity contribution in [1.29, 1.82) is 0 Å². The predicted octanol–water partition coefficient (Wildman–Crippen LogP) is 24.2. The zero-order chi connectivity index (χ0) is 48.0. The average Bonchev–Trinajstić information content (AvgIpc) is 3.48. The quantitative estimate of drug-likeness (QED) is 0.0549. The van der Waals surface area contributed by atoms with Crippen molar-refractivity contribution in [2.75, 3.05) is 37.0 Å². The first-order valence-electron chi connectivity index (χ1n) is 30.2. The molecule has 0 aliphatic carbocycles. The molecule has 0 aromatic rings. The van der Waals surface area contributed by atoms with Crippen molar-refractivity contribution in [1.82, 2.24) is 0 Å². The Morgan fingerprint density at radius 3 is 0.688 bits per heavy atom. The predicted molar refractivity (Wildman–Crippen MR) is 315 cm³/mol. The molecular weight excluding hydrogens is 942 g/mol. The Labute approximate surface area is 424 Å². The normalized spacial score (nSPS) is 22.7. The second-order valence-electron chi connectivity index (χ2n) is 23.3. The fourth-order valence-electron chi connectivity index (χ4n) is 15.6. The summed E-state index contributed by atoms with van der Waals surface area (Å²) in [6.07, 6.45) is 64.2. The molecule has 0 aromatic carbocycles. The molecule has 4 heteroatoms. The molecule has 2 aliphatic heterocycles. The Kier molecular flexibility index (Phi) is 32.6. The number of hydrogen-bond donors (Lipinski definition) is 0. The third kappa shape index (κ3) is 15.4. The summed E-state index contributed by atoms with van der Waals surface area (Å²) >= 11 is 10.1. The van der Waals surface area contributed by atoms with Gasteiger partial charge in [-0.05, 0) is 0 Å². The van der Waals surface area contributed by atoms with Crippen molar-refractivity contribution in [3.63, 3.8) is 0 Å². The summed E-state index contributed by atoms with van der Waals surface area (Å²) in [5.41, 5.74) is 1.17. The van der Waals surface area contributed by atoms with Crippen LogP contribution in [0.5, 0.6) is 0 Å². The first-order valence-corrected chi connectivity index (χ1v) is 39.8. The van der Waals surface area contributed by atoms with Gasteiger partial charge in [-0.15, -0.1) is 0 Å². The summed E-state index contributed by atoms with van der Waals surface area (Å²) < 4.78 is 0. The van der Waals surface area contributed by atoms with Crippen LogP contribution in [-0.4, -0.2) is 47.3 Å². The third-order valence-corrected chi connectivity index (χ3v) is 43.8. The van der Waals surface area contributed by atoms with Gasteiger partial charge >= 0.3 is 427 Å². The fourth-order valence-corrected chi connectivity index (χ4v) is 40.4. The maximum atomic E-state index is 5.03. The number of halogens is 2. The van der Waals surface area contributed by atoms with Crippen LogP contribution in [0.4, 0.5) is 0 Å². The van der Waals surface area contributed by atoms with Crippen LogP contribution in [0.3, 0.4) is 0 Å². The molecule has 0 saturated carbocycles. The van der Waals surface area contributed by atoms with Gasteiger partial charge in [-0.25, -0.2) is 0 Å². The molecule has 0 nitrogen and oxygen atoms in total. The van der Waals surface area contributed by atoms with E-state index in [9.17, 15) is 0 Å². The van der Waals surface area contributed by atoms with Gasteiger partial charge in [-0.2, -0.15) is 0 Å². The molecule has 64 heavy (non-hydrogen) atoms. The average molecular weight is 1070 g/mol. The molecule has 388 valence electrons. The molecule has 0 aromatic heterocycles. The molecule has 0 radical (unpaired) electrons. The van der Waals surface area contributed by atoms with Gasteiger partial charge in [0.05, 0.1) is 0 Å². The summed E-state index contributed by atoms with van der Waals surface area (Å²) in [6.45, 7) is 29.3. The maximum absolute atomic E-state index is 5.03. The first kappa shape index (κ1) is 63.8. The molecule has 0 amide bonds. The standard InChI is InChI=1S/2C30H62BrP/c2*1-7-13-21-29(22-14-8-2)23-19-20-28-32(31,26-17-11-5,27-18-12-6)30(29,24-15-9-3)25-16-10-4/h2*7-28H2,1-6H3. The second kappa shape index (κ2) is 32.7.